The van der Waals surface area contributed by atoms with Crippen LogP contribution in [0.1, 0.15) is 78.6 Å². The second kappa shape index (κ2) is 12.0. The van der Waals surface area contributed by atoms with Gasteiger partial charge < -0.3 is 9.59 Å². The Morgan fingerprint density at radius 3 is 1.17 bits per heavy atom. The summed E-state index contributed by atoms with van der Waals surface area (Å²) in [7, 11) is 0. The van der Waals surface area contributed by atoms with E-state index >= 15 is 0 Å². The first-order valence-electron chi connectivity index (χ1n) is 8.20. The first-order chi connectivity index (χ1) is 8.74. The van der Waals surface area contributed by atoms with Gasteiger partial charge in [0, 0.05) is 0 Å². The van der Waals surface area contributed by atoms with Crippen LogP contribution in [0.25, 0.3) is 0 Å². The molecule has 0 aromatic heterocycles. The predicted molar refractivity (Wildman–Crippen MR) is 80.5 cm³/mol. The number of hydrogen-bond acceptors (Lipinski definition) is 1. The number of quaternary nitrogens is 1. The Labute approximate surface area is 115 Å². The van der Waals surface area contributed by atoms with Crippen LogP contribution in [-0.4, -0.2) is 36.0 Å². The summed E-state index contributed by atoms with van der Waals surface area (Å²) >= 11 is 0. The van der Waals surface area contributed by atoms with Crippen molar-refractivity contribution in [1.82, 2.24) is 0 Å². The Hall–Kier alpha value is -0.0800. The molecular formula is C16H36NO+. The molecule has 0 saturated heterocycles. The standard InChI is InChI=1S/C16H36NO/c1-4-7-10-13-17(16-18,14-11-8-5-2)15-12-9-6-3/h18H,4-16H2,1-3H3/q+1. The Morgan fingerprint density at radius 2 is 0.944 bits per heavy atom. The fourth-order valence-corrected chi connectivity index (χ4v) is 2.64. The normalized spacial score (nSPS) is 12.0. The predicted octanol–water partition coefficient (Wildman–Crippen LogP) is 4.32. The van der Waals surface area contributed by atoms with Gasteiger partial charge in [-0.3, -0.25) is 0 Å². The summed E-state index contributed by atoms with van der Waals surface area (Å²) in [5.41, 5.74) is 0. The fraction of sp³-hybridized carbons (Fsp3) is 1.00. The molecule has 0 aliphatic rings. The van der Waals surface area contributed by atoms with E-state index in [0.29, 0.717) is 6.73 Å². The van der Waals surface area contributed by atoms with Crippen molar-refractivity contribution in [2.24, 2.45) is 0 Å². The van der Waals surface area contributed by atoms with Gasteiger partial charge in [-0.1, -0.05) is 40.0 Å². The zero-order valence-corrected chi connectivity index (χ0v) is 13.1. The molecule has 0 rings (SSSR count). The SMILES string of the molecule is CCCCC[N+](CO)(CCCCC)CCCCC. The maximum absolute atomic E-state index is 9.85. The number of unbranched alkanes of at least 4 members (excludes halogenated alkanes) is 6. The van der Waals surface area contributed by atoms with Crippen LogP contribution >= 0.6 is 0 Å². The average Bonchev–Trinajstić information content (AvgIpc) is 2.39. The largest absolute Gasteiger partial charge is 0.347 e. The van der Waals surface area contributed by atoms with Crippen molar-refractivity contribution in [3.63, 3.8) is 0 Å². The van der Waals surface area contributed by atoms with Crippen LogP contribution in [0.5, 0.6) is 0 Å². The average molecular weight is 258 g/mol. The van der Waals surface area contributed by atoms with Crippen molar-refractivity contribution in [1.29, 1.82) is 0 Å². The summed E-state index contributed by atoms with van der Waals surface area (Å²) in [6.07, 6.45) is 11.6. The third-order valence-electron chi connectivity index (χ3n) is 4.01. The number of aliphatic hydroxyl groups is 1. The minimum absolute atomic E-state index is 0.344. The van der Waals surface area contributed by atoms with Crippen LogP contribution in [0.4, 0.5) is 0 Å². The van der Waals surface area contributed by atoms with Crippen molar-refractivity contribution < 1.29 is 9.59 Å². The van der Waals surface area contributed by atoms with Gasteiger partial charge in [0.15, 0.2) is 6.73 Å². The molecule has 0 radical (unpaired) electrons. The third kappa shape index (κ3) is 8.10. The van der Waals surface area contributed by atoms with Gasteiger partial charge in [-0.15, -0.1) is 0 Å². The third-order valence-corrected chi connectivity index (χ3v) is 4.01. The summed E-state index contributed by atoms with van der Waals surface area (Å²) in [5, 5.41) is 9.85. The van der Waals surface area contributed by atoms with E-state index in [1.165, 1.54) is 77.4 Å². The lowest BCUT2D eigenvalue weighted by Gasteiger charge is -2.37. The van der Waals surface area contributed by atoms with E-state index < -0.39 is 0 Å². The molecule has 0 bridgehead atoms. The molecule has 0 aromatic rings. The molecule has 110 valence electrons. The van der Waals surface area contributed by atoms with Crippen LogP contribution in [0.15, 0.2) is 0 Å². The summed E-state index contributed by atoms with van der Waals surface area (Å²) in [6.45, 7) is 10.6. The van der Waals surface area contributed by atoms with Gasteiger partial charge in [-0.2, -0.15) is 0 Å². The molecule has 0 aliphatic heterocycles. The van der Waals surface area contributed by atoms with E-state index in [0.717, 1.165) is 4.48 Å². The molecule has 0 saturated carbocycles. The second-order valence-electron chi connectivity index (χ2n) is 5.78. The number of rotatable bonds is 13. The van der Waals surface area contributed by atoms with Crippen LogP contribution in [0.3, 0.4) is 0 Å². The lowest BCUT2D eigenvalue weighted by atomic mass is 10.1. The highest BCUT2D eigenvalue weighted by atomic mass is 16.3. The van der Waals surface area contributed by atoms with E-state index in [-0.39, 0.29) is 0 Å². The van der Waals surface area contributed by atoms with Crippen LogP contribution in [0, 0.1) is 0 Å². The van der Waals surface area contributed by atoms with Gasteiger partial charge in [0.25, 0.3) is 0 Å². The summed E-state index contributed by atoms with van der Waals surface area (Å²) in [6, 6.07) is 0. The van der Waals surface area contributed by atoms with Gasteiger partial charge in [-0.05, 0) is 38.5 Å². The Morgan fingerprint density at radius 1 is 0.611 bits per heavy atom. The maximum atomic E-state index is 9.85. The first-order valence-corrected chi connectivity index (χ1v) is 8.20. The van der Waals surface area contributed by atoms with E-state index in [1.807, 2.05) is 0 Å². The van der Waals surface area contributed by atoms with E-state index in [2.05, 4.69) is 20.8 Å². The number of hydrogen-bond donors (Lipinski definition) is 1. The summed E-state index contributed by atoms with van der Waals surface area (Å²) in [4.78, 5) is 0. The van der Waals surface area contributed by atoms with Gasteiger partial charge in [0.2, 0.25) is 0 Å². The molecule has 0 aromatic carbocycles. The molecule has 1 N–H and O–H groups in total. The Balaban J connectivity index is 4.20. The van der Waals surface area contributed by atoms with Gasteiger partial charge >= 0.3 is 0 Å². The minimum Gasteiger partial charge on any atom is -0.347 e. The molecule has 18 heavy (non-hydrogen) atoms. The van der Waals surface area contributed by atoms with Crippen LogP contribution in [0.2, 0.25) is 0 Å². The molecule has 0 fully saturated rings. The van der Waals surface area contributed by atoms with Crippen LogP contribution in [-0.2, 0) is 0 Å². The van der Waals surface area contributed by atoms with E-state index in [1.54, 1.807) is 0 Å². The molecule has 0 amide bonds. The molecular weight excluding hydrogens is 222 g/mol. The van der Waals surface area contributed by atoms with Crippen molar-refractivity contribution in [2.75, 3.05) is 26.4 Å². The summed E-state index contributed by atoms with van der Waals surface area (Å²) < 4.78 is 0.958. The first kappa shape index (κ1) is 17.9. The fourth-order valence-electron chi connectivity index (χ4n) is 2.64. The highest BCUT2D eigenvalue weighted by Gasteiger charge is 2.24. The topological polar surface area (TPSA) is 20.2 Å². The smallest absolute Gasteiger partial charge is 0.180 e. The summed E-state index contributed by atoms with van der Waals surface area (Å²) in [5.74, 6) is 0. The Kier molecular flexibility index (Phi) is 11.9. The lowest BCUT2D eigenvalue weighted by Crippen LogP contribution is -2.50. The highest BCUT2D eigenvalue weighted by Crippen LogP contribution is 2.15. The molecule has 0 heterocycles. The molecule has 0 aliphatic carbocycles. The molecule has 0 unspecified atom stereocenters. The van der Waals surface area contributed by atoms with Crippen molar-refractivity contribution in [2.45, 2.75) is 78.6 Å². The van der Waals surface area contributed by atoms with E-state index in [4.69, 9.17) is 0 Å². The maximum Gasteiger partial charge on any atom is 0.180 e. The highest BCUT2D eigenvalue weighted by molar-refractivity contribution is 4.47. The zero-order valence-electron chi connectivity index (χ0n) is 13.1. The van der Waals surface area contributed by atoms with Gasteiger partial charge in [0.05, 0.1) is 19.6 Å². The van der Waals surface area contributed by atoms with Crippen molar-refractivity contribution >= 4 is 0 Å². The molecule has 2 heteroatoms. The minimum atomic E-state index is 0.344. The van der Waals surface area contributed by atoms with Crippen molar-refractivity contribution in [3.8, 4) is 0 Å². The molecule has 0 atom stereocenters. The van der Waals surface area contributed by atoms with Crippen molar-refractivity contribution in [3.05, 3.63) is 0 Å². The second-order valence-corrected chi connectivity index (χ2v) is 5.78. The lowest BCUT2D eigenvalue weighted by molar-refractivity contribution is -0.945. The van der Waals surface area contributed by atoms with Gasteiger partial charge in [-0.25, -0.2) is 0 Å². The van der Waals surface area contributed by atoms with E-state index in [9.17, 15) is 5.11 Å². The molecule has 0 spiro atoms. The zero-order chi connectivity index (χ0) is 13.7. The number of aliphatic hydroxyl groups excluding tert-OH is 1. The Bertz CT molecular complexity index is 144. The number of nitrogens with zero attached hydrogens (tertiary/aromatic N) is 1. The quantitative estimate of drug-likeness (QED) is 0.296. The van der Waals surface area contributed by atoms with Crippen LogP contribution < -0.4 is 0 Å². The molecule has 2 nitrogen and oxygen atoms in total. The monoisotopic (exact) mass is 258 g/mol. The van der Waals surface area contributed by atoms with Gasteiger partial charge in [0.1, 0.15) is 0 Å².